The molecule has 2 rings (SSSR count). The highest BCUT2D eigenvalue weighted by Gasteiger charge is 2.14. The predicted molar refractivity (Wildman–Crippen MR) is 74.0 cm³/mol. The zero-order chi connectivity index (χ0) is 12.8. The van der Waals surface area contributed by atoms with Crippen molar-refractivity contribution in [1.29, 1.82) is 0 Å². The molecule has 0 bridgehead atoms. The SMILES string of the molecule is CCCNCc1cnc(N2CCOCC2)c(C)c1. The molecule has 1 aromatic heterocycles. The van der Waals surface area contributed by atoms with Crippen molar-refractivity contribution in [3.8, 4) is 0 Å². The zero-order valence-corrected chi connectivity index (χ0v) is 11.4. The number of nitrogens with one attached hydrogen (secondary N) is 1. The lowest BCUT2D eigenvalue weighted by Crippen LogP contribution is -2.37. The monoisotopic (exact) mass is 249 g/mol. The van der Waals surface area contributed by atoms with E-state index < -0.39 is 0 Å². The standard InChI is InChI=1S/C14H23N3O/c1-3-4-15-10-13-9-12(2)14(16-11-13)17-5-7-18-8-6-17/h9,11,15H,3-8,10H2,1-2H3. The van der Waals surface area contributed by atoms with E-state index in [9.17, 15) is 0 Å². The zero-order valence-electron chi connectivity index (χ0n) is 11.4. The molecule has 0 atom stereocenters. The van der Waals surface area contributed by atoms with E-state index in [-0.39, 0.29) is 0 Å². The highest BCUT2D eigenvalue weighted by molar-refractivity contribution is 5.47. The molecule has 0 saturated carbocycles. The lowest BCUT2D eigenvalue weighted by atomic mass is 10.2. The van der Waals surface area contributed by atoms with E-state index in [2.05, 4.69) is 35.1 Å². The Morgan fingerprint density at radius 1 is 1.39 bits per heavy atom. The summed E-state index contributed by atoms with van der Waals surface area (Å²) in [5.74, 6) is 1.11. The van der Waals surface area contributed by atoms with Crippen molar-refractivity contribution in [3.63, 3.8) is 0 Å². The molecule has 1 aliphatic rings. The molecule has 4 heteroatoms. The number of aromatic nitrogens is 1. The minimum absolute atomic E-state index is 0.806. The molecule has 4 nitrogen and oxygen atoms in total. The maximum absolute atomic E-state index is 5.37. The second-order valence-corrected chi connectivity index (χ2v) is 4.76. The number of hydrogen-bond donors (Lipinski definition) is 1. The van der Waals surface area contributed by atoms with Crippen LogP contribution in [0.1, 0.15) is 24.5 Å². The van der Waals surface area contributed by atoms with Gasteiger partial charge in [-0.05, 0) is 37.1 Å². The van der Waals surface area contributed by atoms with E-state index in [1.54, 1.807) is 0 Å². The first-order chi connectivity index (χ1) is 8.81. The molecule has 100 valence electrons. The minimum atomic E-state index is 0.806. The second kappa shape index (κ2) is 6.71. The van der Waals surface area contributed by atoms with Gasteiger partial charge in [-0.1, -0.05) is 6.92 Å². The molecule has 2 heterocycles. The number of aryl methyl sites for hydroxylation is 1. The summed E-state index contributed by atoms with van der Waals surface area (Å²) >= 11 is 0. The summed E-state index contributed by atoms with van der Waals surface area (Å²) in [6, 6.07) is 2.24. The fourth-order valence-electron chi connectivity index (χ4n) is 2.24. The van der Waals surface area contributed by atoms with E-state index in [1.807, 2.05) is 6.20 Å². The first kappa shape index (κ1) is 13.3. The van der Waals surface area contributed by atoms with Gasteiger partial charge in [0, 0.05) is 25.8 Å². The van der Waals surface area contributed by atoms with Gasteiger partial charge in [0.15, 0.2) is 0 Å². The molecule has 0 spiro atoms. The van der Waals surface area contributed by atoms with Crippen molar-refractivity contribution in [3.05, 3.63) is 23.4 Å². The fourth-order valence-corrected chi connectivity index (χ4v) is 2.24. The summed E-state index contributed by atoms with van der Waals surface area (Å²) in [6.45, 7) is 9.79. The van der Waals surface area contributed by atoms with E-state index in [1.165, 1.54) is 11.1 Å². The van der Waals surface area contributed by atoms with Crippen molar-refractivity contribution in [2.24, 2.45) is 0 Å². The molecule has 1 aliphatic heterocycles. The molecule has 0 radical (unpaired) electrons. The fraction of sp³-hybridized carbons (Fsp3) is 0.643. The largest absolute Gasteiger partial charge is 0.378 e. The lowest BCUT2D eigenvalue weighted by molar-refractivity contribution is 0.122. The molecule has 1 fully saturated rings. The Bertz CT molecular complexity index is 375. The van der Waals surface area contributed by atoms with Gasteiger partial charge in [0.25, 0.3) is 0 Å². The Balaban J connectivity index is 2.00. The first-order valence-corrected chi connectivity index (χ1v) is 6.80. The van der Waals surface area contributed by atoms with Crippen molar-refractivity contribution in [2.75, 3.05) is 37.7 Å². The van der Waals surface area contributed by atoms with Crippen molar-refractivity contribution in [2.45, 2.75) is 26.8 Å². The van der Waals surface area contributed by atoms with Gasteiger partial charge in [-0.25, -0.2) is 4.98 Å². The smallest absolute Gasteiger partial charge is 0.131 e. The van der Waals surface area contributed by atoms with Gasteiger partial charge in [0.2, 0.25) is 0 Å². The van der Waals surface area contributed by atoms with E-state index >= 15 is 0 Å². The van der Waals surface area contributed by atoms with Gasteiger partial charge in [0.05, 0.1) is 13.2 Å². The van der Waals surface area contributed by atoms with Crippen LogP contribution >= 0.6 is 0 Å². The van der Waals surface area contributed by atoms with Crippen molar-refractivity contribution in [1.82, 2.24) is 10.3 Å². The number of nitrogens with zero attached hydrogens (tertiary/aromatic N) is 2. The Kier molecular flexibility index (Phi) is 4.96. The lowest BCUT2D eigenvalue weighted by Gasteiger charge is -2.29. The summed E-state index contributed by atoms with van der Waals surface area (Å²) in [5.41, 5.74) is 2.52. The van der Waals surface area contributed by atoms with Crippen LogP contribution in [0, 0.1) is 6.92 Å². The van der Waals surface area contributed by atoms with Crippen LogP contribution in [-0.2, 0) is 11.3 Å². The van der Waals surface area contributed by atoms with Crippen LogP contribution in [0.3, 0.4) is 0 Å². The highest BCUT2D eigenvalue weighted by atomic mass is 16.5. The van der Waals surface area contributed by atoms with Crippen molar-refractivity contribution < 1.29 is 4.74 Å². The van der Waals surface area contributed by atoms with Crippen LogP contribution in [0.5, 0.6) is 0 Å². The van der Waals surface area contributed by atoms with Crippen molar-refractivity contribution >= 4 is 5.82 Å². The number of rotatable bonds is 5. The molecular formula is C14H23N3O. The summed E-state index contributed by atoms with van der Waals surface area (Å²) in [6.07, 6.45) is 3.15. The van der Waals surface area contributed by atoms with Crippen LogP contribution in [0.2, 0.25) is 0 Å². The average Bonchev–Trinajstić information content (AvgIpc) is 2.40. The summed E-state index contributed by atoms with van der Waals surface area (Å²) in [5, 5.41) is 3.40. The Labute approximate surface area is 109 Å². The van der Waals surface area contributed by atoms with E-state index in [4.69, 9.17) is 4.74 Å². The first-order valence-electron chi connectivity index (χ1n) is 6.80. The number of morpholine rings is 1. The van der Waals surface area contributed by atoms with Crippen LogP contribution < -0.4 is 10.2 Å². The molecule has 1 saturated heterocycles. The van der Waals surface area contributed by atoms with Gasteiger partial charge in [-0.2, -0.15) is 0 Å². The Morgan fingerprint density at radius 2 is 2.17 bits per heavy atom. The quantitative estimate of drug-likeness (QED) is 0.806. The minimum Gasteiger partial charge on any atom is -0.378 e. The molecule has 1 aromatic rings. The van der Waals surface area contributed by atoms with Crippen LogP contribution in [0.4, 0.5) is 5.82 Å². The van der Waals surface area contributed by atoms with Crippen LogP contribution in [-0.4, -0.2) is 37.8 Å². The molecule has 0 aromatic carbocycles. The number of ether oxygens (including phenoxy) is 1. The normalized spacial score (nSPS) is 16.0. The van der Waals surface area contributed by atoms with E-state index in [0.29, 0.717) is 0 Å². The average molecular weight is 249 g/mol. The van der Waals surface area contributed by atoms with Gasteiger partial charge in [-0.3, -0.25) is 0 Å². The summed E-state index contributed by atoms with van der Waals surface area (Å²) < 4.78 is 5.37. The summed E-state index contributed by atoms with van der Waals surface area (Å²) in [4.78, 5) is 6.92. The second-order valence-electron chi connectivity index (χ2n) is 4.76. The van der Waals surface area contributed by atoms with Gasteiger partial charge in [-0.15, -0.1) is 0 Å². The van der Waals surface area contributed by atoms with Gasteiger partial charge in [0.1, 0.15) is 5.82 Å². The summed E-state index contributed by atoms with van der Waals surface area (Å²) in [7, 11) is 0. The Hall–Kier alpha value is -1.13. The molecular weight excluding hydrogens is 226 g/mol. The van der Waals surface area contributed by atoms with Gasteiger partial charge < -0.3 is 15.0 Å². The molecule has 0 aliphatic carbocycles. The molecule has 0 unspecified atom stereocenters. The van der Waals surface area contributed by atoms with E-state index in [0.717, 1.165) is 51.6 Å². The molecule has 0 amide bonds. The molecule has 18 heavy (non-hydrogen) atoms. The third-order valence-electron chi connectivity index (χ3n) is 3.17. The number of pyridine rings is 1. The van der Waals surface area contributed by atoms with Crippen LogP contribution in [0.25, 0.3) is 0 Å². The van der Waals surface area contributed by atoms with Crippen LogP contribution in [0.15, 0.2) is 12.3 Å². The van der Waals surface area contributed by atoms with Gasteiger partial charge >= 0.3 is 0 Å². The maximum atomic E-state index is 5.37. The molecule has 1 N–H and O–H groups in total. The third-order valence-corrected chi connectivity index (χ3v) is 3.17. The Morgan fingerprint density at radius 3 is 2.83 bits per heavy atom. The number of anilines is 1. The highest BCUT2D eigenvalue weighted by Crippen LogP contribution is 2.18. The topological polar surface area (TPSA) is 37.4 Å². The number of hydrogen-bond acceptors (Lipinski definition) is 4. The maximum Gasteiger partial charge on any atom is 0.131 e. The predicted octanol–water partition coefficient (Wildman–Crippen LogP) is 1.73. The third kappa shape index (κ3) is 3.43.